The van der Waals surface area contributed by atoms with Gasteiger partial charge in [0, 0.05) is 5.04 Å². The highest BCUT2D eigenvalue weighted by molar-refractivity contribution is 6.83. The molecular weight excluding hydrogens is 324 g/mol. The van der Waals surface area contributed by atoms with Crippen LogP contribution in [0.4, 0.5) is 0 Å². The minimum Gasteiger partial charge on any atom is -0.386 e. The zero-order valence-corrected chi connectivity index (χ0v) is 16.1. The molecule has 0 saturated heterocycles. The SMILES string of the molecule is CC(C)(C)[Si]1(c2ccccc2)OCc2cccc3cccc(c23)CO1. The second-order valence-corrected chi connectivity index (χ2v) is 11.6. The third-order valence-electron chi connectivity index (χ3n) is 5.08. The summed E-state index contributed by atoms with van der Waals surface area (Å²) < 4.78 is 13.4. The van der Waals surface area contributed by atoms with Gasteiger partial charge in [-0.15, -0.1) is 0 Å². The van der Waals surface area contributed by atoms with Crippen molar-refractivity contribution < 1.29 is 8.85 Å². The fourth-order valence-electron chi connectivity index (χ4n) is 3.83. The predicted octanol–water partition coefficient (Wildman–Crippen LogP) is 5.04. The Kier molecular flexibility index (Phi) is 4.03. The fraction of sp³-hybridized carbons (Fsp3) is 0.273. The van der Waals surface area contributed by atoms with Crippen molar-refractivity contribution in [2.75, 3.05) is 0 Å². The average molecular weight is 349 g/mol. The van der Waals surface area contributed by atoms with Gasteiger partial charge in [-0.1, -0.05) is 87.5 Å². The molecule has 0 fully saturated rings. The van der Waals surface area contributed by atoms with Crippen LogP contribution in [0.3, 0.4) is 0 Å². The summed E-state index contributed by atoms with van der Waals surface area (Å²) in [5, 5.41) is 3.67. The topological polar surface area (TPSA) is 18.5 Å². The quantitative estimate of drug-likeness (QED) is 0.574. The second-order valence-electron chi connectivity index (χ2n) is 7.74. The molecule has 0 radical (unpaired) electrons. The summed E-state index contributed by atoms with van der Waals surface area (Å²) in [6.45, 7) is 7.89. The van der Waals surface area contributed by atoms with Gasteiger partial charge in [-0.3, -0.25) is 0 Å². The summed E-state index contributed by atoms with van der Waals surface area (Å²) in [7, 11) is -2.63. The van der Waals surface area contributed by atoms with Gasteiger partial charge in [0.05, 0.1) is 13.2 Å². The van der Waals surface area contributed by atoms with Crippen molar-refractivity contribution in [3.63, 3.8) is 0 Å². The monoisotopic (exact) mass is 348 g/mol. The molecule has 25 heavy (non-hydrogen) atoms. The minimum atomic E-state index is -2.63. The largest absolute Gasteiger partial charge is 0.386 e. The smallest absolute Gasteiger partial charge is 0.378 e. The van der Waals surface area contributed by atoms with Crippen LogP contribution in [0.15, 0.2) is 66.7 Å². The molecule has 1 heterocycles. The van der Waals surface area contributed by atoms with E-state index in [0.717, 1.165) is 0 Å². The molecule has 0 saturated carbocycles. The van der Waals surface area contributed by atoms with Crippen LogP contribution in [-0.4, -0.2) is 8.56 Å². The molecular formula is C22H24O2Si. The molecule has 0 spiro atoms. The van der Waals surface area contributed by atoms with Crippen molar-refractivity contribution in [1.29, 1.82) is 0 Å². The number of hydrogen-bond donors (Lipinski definition) is 0. The van der Waals surface area contributed by atoms with Crippen molar-refractivity contribution in [2.24, 2.45) is 0 Å². The number of benzene rings is 3. The Bertz CT molecular complexity index is 854. The summed E-state index contributed by atoms with van der Waals surface area (Å²) in [6.07, 6.45) is 0. The third-order valence-corrected chi connectivity index (χ3v) is 9.25. The normalized spacial score (nSPS) is 17.1. The van der Waals surface area contributed by atoms with Gasteiger partial charge in [-0.25, -0.2) is 0 Å². The standard InChI is InChI=1S/C22H24O2Si/c1-22(2,3)25(20-13-5-4-6-14-20)23-15-18-11-7-9-17-10-8-12-19(16-24-25)21(17)18/h4-14H,15-16H2,1-3H3. The van der Waals surface area contributed by atoms with Gasteiger partial charge in [-0.2, -0.15) is 0 Å². The van der Waals surface area contributed by atoms with E-state index in [0.29, 0.717) is 13.2 Å². The number of rotatable bonds is 1. The highest BCUT2D eigenvalue weighted by atomic mass is 28.4. The molecule has 3 aromatic carbocycles. The molecule has 128 valence electrons. The highest BCUT2D eigenvalue weighted by Gasteiger charge is 2.52. The van der Waals surface area contributed by atoms with Crippen LogP contribution >= 0.6 is 0 Å². The lowest BCUT2D eigenvalue weighted by molar-refractivity contribution is 0.143. The van der Waals surface area contributed by atoms with Crippen molar-refractivity contribution in [2.45, 2.75) is 39.0 Å². The van der Waals surface area contributed by atoms with Crippen LogP contribution in [0.25, 0.3) is 10.8 Å². The molecule has 2 nitrogen and oxygen atoms in total. The van der Waals surface area contributed by atoms with Gasteiger partial charge in [0.25, 0.3) is 0 Å². The Morgan fingerprint density at radius 3 is 1.80 bits per heavy atom. The van der Waals surface area contributed by atoms with E-state index in [1.807, 2.05) is 6.07 Å². The van der Waals surface area contributed by atoms with Crippen molar-refractivity contribution >= 4 is 24.5 Å². The van der Waals surface area contributed by atoms with E-state index < -0.39 is 8.56 Å². The molecule has 3 heteroatoms. The van der Waals surface area contributed by atoms with E-state index in [1.54, 1.807) is 0 Å². The van der Waals surface area contributed by atoms with E-state index in [2.05, 4.69) is 81.4 Å². The Morgan fingerprint density at radius 1 is 0.720 bits per heavy atom. The molecule has 0 aliphatic carbocycles. The predicted molar refractivity (Wildman–Crippen MR) is 105 cm³/mol. The van der Waals surface area contributed by atoms with Crippen molar-refractivity contribution in [3.8, 4) is 0 Å². The molecule has 0 atom stereocenters. The Morgan fingerprint density at radius 2 is 1.28 bits per heavy atom. The zero-order chi connectivity index (χ0) is 17.5. The maximum Gasteiger partial charge on any atom is 0.378 e. The first-order valence-electron chi connectivity index (χ1n) is 8.84. The summed E-state index contributed by atoms with van der Waals surface area (Å²) in [5.74, 6) is 0. The van der Waals surface area contributed by atoms with Crippen molar-refractivity contribution in [1.82, 2.24) is 0 Å². The average Bonchev–Trinajstić information content (AvgIpc) is 2.59. The molecule has 0 unspecified atom stereocenters. The number of hydrogen-bond acceptors (Lipinski definition) is 2. The van der Waals surface area contributed by atoms with E-state index >= 15 is 0 Å². The molecule has 0 N–H and O–H groups in total. The molecule has 1 aliphatic rings. The molecule has 0 bridgehead atoms. The van der Waals surface area contributed by atoms with Crippen LogP contribution in [0.5, 0.6) is 0 Å². The van der Waals surface area contributed by atoms with Crippen molar-refractivity contribution in [3.05, 3.63) is 77.9 Å². The summed E-state index contributed by atoms with van der Waals surface area (Å²) in [4.78, 5) is 0. The highest BCUT2D eigenvalue weighted by Crippen LogP contribution is 2.40. The Labute approximate surface area is 150 Å². The molecule has 0 aromatic heterocycles. The fourth-order valence-corrected chi connectivity index (χ4v) is 7.33. The minimum absolute atomic E-state index is 0.0749. The van der Waals surface area contributed by atoms with Gasteiger partial charge in [0.15, 0.2) is 0 Å². The van der Waals surface area contributed by atoms with Crippen LogP contribution in [0.1, 0.15) is 31.9 Å². The zero-order valence-electron chi connectivity index (χ0n) is 15.1. The van der Waals surface area contributed by atoms with Crippen LogP contribution in [0, 0.1) is 0 Å². The lowest BCUT2D eigenvalue weighted by Crippen LogP contribution is -2.60. The lowest BCUT2D eigenvalue weighted by Gasteiger charge is -2.42. The second kappa shape index (κ2) is 6.10. The van der Waals surface area contributed by atoms with E-state index in [4.69, 9.17) is 8.85 Å². The maximum atomic E-state index is 6.68. The van der Waals surface area contributed by atoms with Crippen LogP contribution in [-0.2, 0) is 22.1 Å². The first-order valence-corrected chi connectivity index (χ1v) is 10.7. The van der Waals surface area contributed by atoms with Gasteiger partial charge in [0.2, 0.25) is 0 Å². The van der Waals surface area contributed by atoms with Crippen LogP contribution in [0.2, 0.25) is 5.04 Å². The summed E-state index contributed by atoms with van der Waals surface area (Å²) in [5.41, 5.74) is 2.52. The van der Waals surface area contributed by atoms with Gasteiger partial charge >= 0.3 is 8.56 Å². The van der Waals surface area contributed by atoms with E-state index in [9.17, 15) is 0 Å². The molecule has 1 aliphatic heterocycles. The first kappa shape index (κ1) is 16.5. The first-order chi connectivity index (χ1) is 12.0. The summed E-state index contributed by atoms with van der Waals surface area (Å²) >= 11 is 0. The van der Waals surface area contributed by atoms with Gasteiger partial charge in [-0.05, 0) is 27.1 Å². The Hall–Kier alpha value is -1.94. The van der Waals surface area contributed by atoms with Gasteiger partial charge in [0.1, 0.15) is 0 Å². The van der Waals surface area contributed by atoms with Gasteiger partial charge < -0.3 is 8.85 Å². The Balaban J connectivity index is 1.87. The van der Waals surface area contributed by atoms with E-state index in [1.165, 1.54) is 27.1 Å². The van der Waals surface area contributed by atoms with Crippen LogP contribution < -0.4 is 5.19 Å². The van der Waals surface area contributed by atoms with E-state index in [-0.39, 0.29) is 5.04 Å². The maximum absolute atomic E-state index is 6.68. The molecule has 4 rings (SSSR count). The summed E-state index contributed by atoms with van der Waals surface area (Å²) in [6, 6.07) is 23.5. The molecule has 0 amide bonds. The molecule has 3 aromatic rings. The lowest BCUT2D eigenvalue weighted by atomic mass is 10.00. The third kappa shape index (κ3) is 2.73.